The first-order valence-electron chi connectivity index (χ1n) is 12.0. The highest BCUT2D eigenvalue weighted by Crippen LogP contribution is 2.20. The molecule has 1 amide bonds. The summed E-state index contributed by atoms with van der Waals surface area (Å²) in [6.07, 6.45) is 2.69. The van der Waals surface area contributed by atoms with Crippen LogP contribution in [0, 0.1) is 0 Å². The van der Waals surface area contributed by atoms with Gasteiger partial charge in [-0.25, -0.2) is 0 Å². The average molecular weight is 472 g/mol. The molecular formula is C27H29N5O3. The maximum absolute atomic E-state index is 12.7. The molecule has 0 unspecified atom stereocenters. The number of carbonyl (C=O) groups excluding carboxylic acids is 2. The zero-order valence-electron chi connectivity index (χ0n) is 19.6. The molecule has 1 fully saturated rings. The van der Waals surface area contributed by atoms with Crippen LogP contribution in [0.15, 0.2) is 76.3 Å². The van der Waals surface area contributed by atoms with E-state index in [1.807, 2.05) is 53.4 Å². The molecule has 1 aromatic heterocycles. The van der Waals surface area contributed by atoms with E-state index in [-0.39, 0.29) is 11.7 Å². The minimum absolute atomic E-state index is 0.0679. The summed E-state index contributed by atoms with van der Waals surface area (Å²) in [5, 5.41) is 6.44. The summed E-state index contributed by atoms with van der Waals surface area (Å²) in [6.45, 7) is 4.43. The van der Waals surface area contributed by atoms with Crippen molar-refractivity contribution in [1.82, 2.24) is 10.2 Å². The Morgan fingerprint density at radius 1 is 0.971 bits per heavy atom. The van der Waals surface area contributed by atoms with Gasteiger partial charge in [-0.2, -0.15) is 0 Å². The Kier molecular flexibility index (Phi) is 6.79. The van der Waals surface area contributed by atoms with Crippen molar-refractivity contribution in [2.45, 2.75) is 12.8 Å². The number of nitrogens with one attached hydrogen (secondary N) is 2. The Morgan fingerprint density at radius 3 is 2.40 bits per heavy atom. The SMILES string of the molecule is O=C(CCc1ccc(NC2=NCCN2)cc1)c1ccc(N2CCN(C(=O)c3ccco3)CC2)cc1. The van der Waals surface area contributed by atoms with Crippen molar-refractivity contribution in [3.8, 4) is 0 Å². The normalized spacial score (nSPS) is 15.5. The van der Waals surface area contributed by atoms with Crippen LogP contribution < -0.4 is 15.5 Å². The number of ketones is 1. The molecule has 35 heavy (non-hydrogen) atoms. The number of rotatable bonds is 7. The lowest BCUT2D eigenvalue weighted by molar-refractivity contribution is 0.0714. The van der Waals surface area contributed by atoms with Crippen LogP contribution in [0.25, 0.3) is 0 Å². The molecule has 2 aliphatic heterocycles. The minimum atomic E-state index is -0.0679. The molecule has 8 nitrogen and oxygen atoms in total. The second kappa shape index (κ2) is 10.5. The van der Waals surface area contributed by atoms with E-state index in [0.29, 0.717) is 31.7 Å². The van der Waals surface area contributed by atoms with Crippen LogP contribution in [-0.2, 0) is 6.42 Å². The summed E-state index contributed by atoms with van der Waals surface area (Å²) >= 11 is 0. The molecule has 0 atom stereocenters. The van der Waals surface area contributed by atoms with Gasteiger partial charge in [0.15, 0.2) is 17.5 Å². The summed E-state index contributed by atoms with van der Waals surface area (Å²) in [4.78, 5) is 33.6. The molecule has 3 heterocycles. The monoisotopic (exact) mass is 471 g/mol. The third-order valence-electron chi connectivity index (χ3n) is 6.38. The maximum atomic E-state index is 12.7. The van der Waals surface area contributed by atoms with Crippen LogP contribution in [-0.4, -0.2) is 61.8 Å². The first-order valence-corrected chi connectivity index (χ1v) is 12.0. The molecule has 0 aliphatic carbocycles. The van der Waals surface area contributed by atoms with Crippen molar-refractivity contribution in [1.29, 1.82) is 0 Å². The summed E-state index contributed by atoms with van der Waals surface area (Å²) in [5.74, 6) is 1.25. The standard InChI is InChI=1S/C27H29N5O3/c33-24(12-5-20-3-8-22(9-4-20)30-27-28-13-14-29-27)21-6-10-23(11-7-21)31-15-17-32(18-16-31)26(34)25-2-1-19-35-25/h1-4,6-11,19H,5,12-18H2,(H2,28,29,30). The van der Waals surface area contributed by atoms with Crippen LogP contribution in [0.4, 0.5) is 11.4 Å². The number of hydrogen-bond donors (Lipinski definition) is 2. The lowest BCUT2D eigenvalue weighted by Gasteiger charge is -2.35. The number of anilines is 2. The highest BCUT2D eigenvalue weighted by molar-refractivity contribution is 5.96. The third-order valence-corrected chi connectivity index (χ3v) is 6.38. The van der Waals surface area contributed by atoms with E-state index in [0.717, 1.165) is 54.6 Å². The number of benzene rings is 2. The number of nitrogens with zero attached hydrogens (tertiary/aromatic N) is 3. The van der Waals surface area contributed by atoms with E-state index in [1.54, 1.807) is 12.1 Å². The van der Waals surface area contributed by atoms with E-state index in [9.17, 15) is 9.59 Å². The molecule has 2 N–H and O–H groups in total. The number of piperazine rings is 1. The first kappa shape index (κ1) is 22.7. The van der Waals surface area contributed by atoms with Crippen molar-refractivity contribution in [2.75, 3.05) is 49.5 Å². The van der Waals surface area contributed by atoms with Crippen molar-refractivity contribution in [3.63, 3.8) is 0 Å². The lowest BCUT2D eigenvalue weighted by atomic mass is 10.0. The van der Waals surface area contributed by atoms with Gasteiger partial charge in [0.1, 0.15) is 0 Å². The number of carbonyl (C=O) groups is 2. The largest absolute Gasteiger partial charge is 0.459 e. The van der Waals surface area contributed by atoms with Gasteiger partial charge in [-0.05, 0) is 60.5 Å². The van der Waals surface area contributed by atoms with E-state index < -0.39 is 0 Å². The van der Waals surface area contributed by atoms with E-state index in [1.165, 1.54) is 6.26 Å². The number of guanidine groups is 1. The summed E-state index contributed by atoms with van der Waals surface area (Å²) in [5.41, 5.74) is 3.90. The molecule has 8 heteroatoms. The summed E-state index contributed by atoms with van der Waals surface area (Å²) in [6, 6.07) is 19.3. The highest BCUT2D eigenvalue weighted by atomic mass is 16.3. The van der Waals surface area contributed by atoms with Gasteiger partial charge in [-0.1, -0.05) is 12.1 Å². The van der Waals surface area contributed by atoms with Crippen molar-refractivity contribution in [2.24, 2.45) is 4.99 Å². The van der Waals surface area contributed by atoms with Crippen LogP contribution >= 0.6 is 0 Å². The van der Waals surface area contributed by atoms with Crippen LogP contribution in [0.1, 0.15) is 32.9 Å². The third kappa shape index (κ3) is 5.54. The Hall–Kier alpha value is -4.07. The molecule has 0 spiro atoms. The van der Waals surface area contributed by atoms with Gasteiger partial charge in [0.2, 0.25) is 0 Å². The van der Waals surface area contributed by atoms with Crippen molar-refractivity contribution >= 4 is 29.0 Å². The molecule has 0 radical (unpaired) electrons. The Bertz CT molecular complexity index is 1180. The first-order chi connectivity index (χ1) is 17.2. The molecule has 0 bridgehead atoms. The van der Waals surface area contributed by atoms with Gasteiger partial charge >= 0.3 is 0 Å². The fourth-order valence-electron chi connectivity index (χ4n) is 4.36. The zero-order valence-corrected chi connectivity index (χ0v) is 19.6. The van der Waals surface area contributed by atoms with E-state index in [4.69, 9.17) is 4.42 Å². The molecule has 1 saturated heterocycles. The maximum Gasteiger partial charge on any atom is 0.289 e. The van der Waals surface area contributed by atoms with Gasteiger partial charge in [-0.15, -0.1) is 0 Å². The molecule has 2 aromatic carbocycles. The number of amides is 1. The zero-order chi connectivity index (χ0) is 24.0. The highest BCUT2D eigenvalue weighted by Gasteiger charge is 2.24. The van der Waals surface area contributed by atoms with Crippen molar-refractivity contribution < 1.29 is 14.0 Å². The predicted octanol–water partition coefficient (Wildman–Crippen LogP) is 3.43. The molecule has 5 rings (SSSR count). The second-order valence-corrected chi connectivity index (χ2v) is 8.71. The van der Waals surface area contributed by atoms with Gasteiger partial charge < -0.3 is 24.9 Å². The smallest absolute Gasteiger partial charge is 0.289 e. The van der Waals surface area contributed by atoms with Crippen LogP contribution in [0.3, 0.4) is 0 Å². The predicted molar refractivity (Wildman–Crippen MR) is 136 cm³/mol. The average Bonchev–Trinajstić information content (AvgIpc) is 3.63. The van der Waals surface area contributed by atoms with Gasteiger partial charge in [-0.3, -0.25) is 14.6 Å². The van der Waals surface area contributed by atoms with Crippen LogP contribution in [0.5, 0.6) is 0 Å². The number of Topliss-reactive ketones (excluding diaryl/α,β-unsaturated/α-hetero) is 1. The Labute approximate surface area is 204 Å². The number of aryl methyl sites for hydroxylation is 1. The second-order valence-electron chi connectivity index (χ2n) is 8.71. The molecule has 0 saturated carbocycles. The fraction of sp³-hybridized carbons (Fsp3) is 0.296. The van der Waals surface area contributed by atoms with Crippen molar-refractivity contribution in [3.05, 3.63) is 83.8 Å². The van der Waals surface area contributed by atoms with Gasteiger partial charge in [0.25, 0.3) is 5.91 Å². The number of hydrogen-bond acceptors (Lipinski definition) is 7. The number of furan rings is 1. The molecular weight excluding hydrogens is 442 g/mol. The molecule has 3 aromatic rings. The Balaban J connectivity index is 1.09. The van der Waals surface area contributed by atoms with Gasteiger partial charge in [0.05, 0.1) is 12.8 Å². The minimum Gasteiger partial charge on any atom is -0.459 e. The van der Waals surface area contributed by atoms with E-state index >= 15 is 0 Å². The quantitative estimate of drug-likeness (QED) is 0.513. The lowest BCUT2D eigenvalue weighted by Crippen LogP contribution is -2.48. The Morgan fingerprint density at radius 2 is 1.74 bits per heavy atom. The summed E-state index contributed by atoms with van der Waals surface area (Å²) in [7, 11) is 0. The molecule has 2 aliphatic rings. The fourth-order valence-corrected chi connectivity index (χ4v) is 4.36. The van der Waals surface area contributed by atoms with E-state index in [2.05, 4.69) is 20.5 Å². The van der Waals surface area contributed by atoms with Crippen LogP contribution in [0.2, 0.25) is 0 Å². The topological polar surface area (TPSA) is 90.2 Å². The number of aliphatic imine (C=N–C) groups is 1. The van der Waals surface area contributed by atoms with Gasteiger partial charge in [0, 0.05) is 56.1 Å². The molecule has 180 valence electrons. The summed E-state index contributed by atoms with van der Waals surface area (Å²) < 4.78 is 5.23.